The van der Waals surface area contributed by atoms with Crippen molar-refractivity contribution in [1.82, 2.24) is 15.0 Å². The molecule has 1 aliphatic carbocycles. The molecule has 0 atom stereocenters. The smallest absolute Gasteiger partial charge is 0.368 e. The van der Waals surface area contributed by atoms with Gasteiger partial charge >= 0.3 is 6.18 Å². The Morgan fingerprint density at radius 1 is 1.17 bits per heavy atom. The fourth-order valence-corrected chi connectivity index (χ4v) is 2.12. The third kappa shape index (κ3) is 2.62. The van der Waals surface area contributed by atoms with E-state index >= 15 is 0 Å². The van der Waals surface area contributed by atoms with Crippen molar-refractivity contribution >= 4 is 11.9 Å². The first-order valence-corrected chi connectivity index (χ1v) is 5.69. The van der Waals surface area contributed by atoms with Crippen molar-refractivity contribution in [1.29, 1.82) is 0 Å². The summed E-state index contributed by atoms with van der Waals surface area (Å²) in [5.74, 6) is -1.66. The van der Waals surface area contributed by atoms with Crippen LogP contribution < -0.4 is 10.6 Å². The molecule has 0 bridgehead atoms. The van der Waals surface area contributed by atoms with Gasteiger partial charge in [-0.1, -0.05) is 12.8 Å². The van der Waals surface area contributed by atoms with Gasteiger partial charge in [-0.05, 0) is 12.8 Å². The van der Waals surface area contributed by atoms with Crippen molar-refractivity contribution in [3.8, 4) is 0 Å². The minimum absolute atomic E-state index is 0.0123. The van der Waals surface area contributed by atoms with E-state index in [0.29, 0.717) is 0 Å². The molecule has 8 heteroatoms. The van der Waals surface area contributed by atoms with Crippen molar-refractivity contribution in [2.75, 3.05) is 17.7 Å². The van der Waals surface area contributed by atoms with Gasteiger partial charge in [0.05, 0.1) is 0 Å². The number of nitrogens with zero attached hydrogens (tertiary/aromatic N) is 4. The fraction of sp³-hybridized carbons (Fsp3) is 0.700. The zero-order chi connectivity index (χ0) is 13.3. The zero-order valence-electron chi connectivity index (χ0n) is 9.91. The minimum atomic E-state index is -4.61. The van der Waals surface area contributed by atoms with Crippen LogP contribution in [0.4, 0.5) is 25.1 Å². The van der Waals surface area contributed by atoms with Gasteiger partial charge in [0, 0.05) is 13.1 Å². The number of halogens is 3. The summed E-state index contributed by atoms with van der Waals surface area (Å²) in [6.07, 6.45) is -0.599. The van der Waals surface area contributed by atoms with Gasteiger partial charge in [-0.3, -0.25) is 0 Å². The summed E-state index contributed by atoms with van der Waals surface area (Å²) in [7, 11) is 1.69. The van der Waals surface area contributed by atoms with Gasteiger partial charge in [-0.15, -0.1) is 0 Å². The van der Waals surface area contributed by atoms with E-state index in [0.717, 1.165) is 25.7 Å². The van der Waals surface area contributed by atoms with E-state index < -0.39 is 17.9 Å². The predicted octanol–water partition coefficient (Wildman–Crippen LogP) is 1.85. The zero-order valence-corrected chi connectivity index (χ0v) is 9.91. The van der Waals surface area contributed by atoms with Gasteiger partial charge in [0.1, 0.15) is 0 Å². The van der Waals surface area contributed by atoms with E-state index in [1.807, 2.05) is 0 Å². The normalized spacial score (nSPS) is 17.1. The summed E-state index contributed by atoms with van der Waals surface area (Å²) in [5, 5.41) is 0. The van der Waals surface area contributed by atoms with Gasteiger partial charge < -0.3 is 10.6 Å². The lowest BCUT2D eigenvalue weighted by atomic mass is 10.2. The Bertz CT molecular complexity index is 428. The second-order valence-corrected chi connectivity index (χ2v) is 4.36. The third-order valence-electron chi connectivity index (χ3n) is 3.08. The Morgan fingerprint density at radius 2 is 1.78 bits per heavy atom. The largest absolute Gasteiger partial charge is 0.451 e. The van der Waals surface area contributed by atoms with E-state index in [-0.39, 0.29) is 12.0 Å². The Labute approximate surface area is 102 Å². The Morgan fingerprint density at radius 3 is 2.33 bits per heavy atom. The lowest BCUT2D eigenvalue weighted by Crippen LogP contribution is -2.31. The highest BCUT2D eigenvalue weighted by Gasteiger charge is 2.36. The van der Waals surface area contributed by atoms with Crippen molar-refractivity contribution < 1.29 is 13.2 Å². The van der Waals surface area contributed by atoms with Gasteiger partial charge in [0.15, 0.2) is 0 Å². The van der Waals surface area contributed by atoms with E-state index in [1.165, 1.54) is 0 Å². The average molecular weight is 261 g/mol. The molecule has 0 radical (unpaired) electrons. The van der Waals surface area contributed by atoms with Crippen LogP contribution in [0, 0.1) is 0 Å². The van der Waals surface area contributed by atoms with Gasteiger partial charge in [-0.25, -0.2) is 0 Å². The van der Waals surface area contributed by atoms with Crippen LogP contribution >= 0.6 is 0 Å². The lowest BCUT2D eigenvalue weighted by molar-refractivity contribution is -0.144. The highest BCUT2D eigenvalue weighted by atomic mass is 19.4. The van der Waals surface area contributed by atoms with E-state index in [1.54, 1.807) is 11.9 Å². The van der Waals surface area contributed by atoms with Crippen LogP contribution in [-0.2, 0) is 6.18 Å². The third-order valence-corrected chi connectivity index (χ3v) is 3.08. The molecule has 1 saturated carbocycles. The van der Waals surface area contributed by atoms with Crippen LogP contribution in [0.25, 0.3) is 0 Å². The monoisotopic (exact) mass is 261 g/mol. The highest BCUT2D eigenvalue weighted by molar-refractivity contribution is 5.35. The van der Waals surface area contributed by atoms with Crippen molar-refractivity contribution in [2.45, 2.75) is 37.9 Å². The molecule has 0 saturated heterocycles. The molecule has 1 aliphatic rings. The quantitative estimate of drug-likeness (QED) is 0.880. The highest BCUT2D eigenvalue weighted by Crippen LogP contribution is 2.29. The maximum Gasteiger partial charge on any atom is 0.451 e. The molecular weight excluding hydrogens is 247 g/mol. The summed E-state index contributed by atoms with van der Waals surface area (Å²) in [6.45, 7) is 0. The van der Waals surface area contributed by atoms with Crippen LogP contribution in [0.3, 0.4) is 0 Å². The number of anilines is 2. The molecule has 1 fully saturated rings. The average Bonchev–Trinajstić information content (AvgIpc) is 2.79. The van der Waals surface area contributed by atoms with Crippen LogP contribution in [0.2, 0.25) is 0 Å². The molecule has 0 amide bonds. The van der Waals surface area contributed by atoms with Crippen molar-refractivity contribution in [3.63, 3.8) is 0 Å². The first-order valence-electron chi connectivity index (χ1n) is 5.69. The number of nitrogens with two attached hydrogens (primary N) is 1. The van der Waals surface area contributed by atoms with E-state index in [2.05, 4.69) is 15.0 Å². The molecule has 1 heterocycles. The Hall–Kier alpha value is -1.60. The van der Waals surface area contributed by atoms with E-state index in [4.69, 9.17) is 5.73 Å². The first kappa shape index (κ1) is 12.8. The number of nitrogen functional groups attached to an aromatic ring is 1. The summed E-state index contributed by atoms with van der Waals surface area (Å²) >= 11 is 0. The second-order valence-electron chi connectivity index (χ2n) is 4.36. The molecule has 1 aromatic rings. The second kappa shape index (κ2) is 4.58. The number of alkyl halides is 3. The number of rotatable bonds is 2. The molecule has 1 aromatic heterocycles. The Kier molecular flexibility index (Phi) is 3.27. The van der Waals surface area contributed by atoms with Gasteiger partial charge in [-0.2, -0.15) is 28.1 Å². The maximum atomic E-state index is 12.6. The molecule has 0 aliphatic heterocycles. The molecule has 18 heavy (non-hydrogen) atoms. The molecule has 2 N–H and O–H groups in total. The summed E-state index contributed by atoms with van der Waals surface area (Å²) in [6, 6.07) is 0.174. The van der Waals surface area contributed by atoms with E-state index in [9.17, 15) is 13.2 Å². The molecule has 2 rings (SSSR count). The summed E-state index contributed by atoms with van der Waals surface area (Å²) in [5.41, 5.74) is 5.30. The molecule has 0 unspecified atom stereocenters. The fourth-order valence-electron chi connectivity index (χ4n) is 2.12. The van der Waals surface area contributed by atoms with Gasteiger partial charge in [0.2, 0.25) is 17.7 Å². The van der Waals surface area contributed by atoms with Crippen molar-refractivity contribution in [3.05, 3.63) is 5.82 Å². The summed E-state index contributed by atoms with van der Waals surface area (Å²) in [4.78, 5) is 12.0. The predicted molar refractivity (Wildman–Crippen MR) is 59.9 cm³/mol. The van der Waals surface area contributed by atoms with Crippen LogP contribution in [0.1, 0.15) is 31.5 Å². The maximum absolute atomic E-state index is 12.6. The number of aromatic nitrogens is 3. The van der Waals surface area contributed by atoms with Crippen LogP contribution in [0.15, 0.2) is 0 Å². The molecular formula is C10H14F3N5. The molecule has 0 spiro atoms. The molecule has 5 nitrogen and oxygen atoms in total. The van der Waals surface area contributed by atoms with Crippen LogP contribution in [-0.4, -0.2) is 28.0 Å². The summed E-state index contributed by atoms with van der Waals surface area (Å²) < 4.78 is 37.7. The standard InChI is InChI=1S/C10H14F3N5/c1-18(6-4-2-3-5-6)9-16-7(10(11,12)13)15-8(14)17-9/h6H,2-5H2,1H3,(H2,14,15,16,17). The molecule has 100 valence electrons. The minimum Gasteiger partial charge on any atom is -0.368 e. The first-order chi connectivity index (χ1) is 8.38. The van der Waals surface area contributed by atoms with Crippen LogP contribution in [0.5, 0.6) is 0 Å². The SMILES string of the molecule is CN(c1nc(N)nc(C(F)(F)F)n1)C1CCCC1. The topological polar surface area (TPSA) is 67.9 Å². The molecule has 0 aromatic carbocycles. The number of hydrogen-bond donors (Lipinski definition) is 1. The number of hydrogen-bond acceptors (Lipinski definition) is 5. The lowest BCUT2D eigenvalue weighted by Gasteiger charge is -2.24. The Balaban J connectivity index is 2.29. The van der Waals surface area contributed by atoms with Gasteiger partial charge in [0.25, 0.3) is 0 Å². The van der Waals surface area contributed by atoms with Crippen molar-refractivity contribution in [2.24, 2.45) is 0 Å².